The summed E-state index contributed by atoms with van der Waals surface area (Å²) in [6.07, 6.45) is 4.52. The molecule has 1 aliphatic heterocycles. The summed E-state index contributed by atoms with van der Waals surface area (Å²) in [6.45, 7) is 6.57. The molecule has 1 aromatic heterocycles. The Bertz CT molecular complexity index is 934. The quantitative estimate of drug-likeness (QED) is 0.755. The van der Waals surface area contributed by atoms with Crippen LogP contribution in [-0.4, -0.2) is 22.0 Å². The first-order valence-corrected chi connectivity index (χ1v) is 9.99. The molecule has 2 aliphatic rings. The first-order valence-electron chi connectivity index (χ1n) is 9.20. The summed E-state index contributed by atoms with van der Waals surface area (Å²) in [5.41, 5.74) is 3.23. The summed E-state index contributed by atoms with van der Waals surface area (Å²) >= 11 is 3.61. The van der Waals surface area contributed by atoms with Crippen molar-refractivity contribution in [2.45, 2.75) is 58.5 Å². The zero-order valence-electron chi connectivity index (χ0n) is 15.4. The highest BCUT2D eigenvalue weighted by atomic mass is 79.9. The van der Waals surface area contributed by atoms with E-state index < -0.39 is 0 Å². The predicted molar refractivity (Wildman–Crippen MR) is 104 cm³/mol. The molecule has 0 amide bonds. The summed E-state index contributed by atoms with van der Waals surface area (Å²) in [6, 6.07) is 3.86. The third-order valence-electron chi connectivity index (χ3n) is 5.04. The fourth-order valence-electron chi connectivity index (χ4n) is 3.89. The molecule has 1 aliphatic carbocycles. The van der Waals surface area contributed by atoms with E-state index in [-0.39, 0.29) is 11.2 Å². The van der Waals surface area contributed by atoms with Crippen molar-refractivity contribution in [1.82, 2.24) is 9.78 Å². The van der Waals surface area contributed by atoms with E-state index in [1.165, 1.54) is 4.68 Å². The Morgan fingerprint density at radius 3 is 2.69 bits per heavy atom. The molecule has 0 unspecified atom stereocenters. The molecule has 1 aromatic carbocycles. The Morgan fingerprint density at radius 2 is 1.96 bits per heavy atom. The van der Waals surface area contributed by atoms with E-state index in [0.717, 1.165) is 59.0 Å². The van der Waals surface area contributed by atoms with Gasteiger partial charge in [-0.3, -0.25) is 4.79 Å². The van der Waals surface area contributed by atoms with Gasteiger partial charge in [0.25, 0.3) is 5.56 Å². The van der Waals surface area contributed by atoms with Crippen molar-refractivity contribution in [3.8, 4) is 17.3 Å². The van der Waals surface area contributed by atoms with Gasteiger partial charge in [0.1, 0.15) is 17.0 Å². The molecule has 6 heteroatoms. The number of hydrogen-bond donors (Lipinski definition) is 0. The summed E-state index contributed by atoms with van der Waals surface area (Å²) in [7, 11) is 0. The molecule has 2 aromatic rings. The minimum atomic E-state index is -0.304. The Kier molecular flexibility index (Phi) is 4.34. The van der Waals surface area contributed by atoms with Crippen molar-refractivity contribution in [3.63, 3.8) is 0 Å². The van der Waals surface area contributed by atoms with Gasteiger partial charge >= 0.3 is 0 Å². The van der Waals surface area contributed by atoms with E-state index in [1.807, 2.05) is 19.1 Å². The van der Waals surface area contributed by atoms with Crippen LogP contribution < -0.4 is 15.0 Å². The monoisotopic (exact) mass is 418 g/mol. The molecule has 26 heavy (non-hydrogen) atoms. The average molecular weight is 419 g/mol. The van der Waals surface area contributed by atoms with E-state index >= 15 is 0 Å². The maximum absolute atomic E-state index is 13.2. The van der Waals surface area contributed by atoms with E-state index in [2.05, 4.69) is 34.9 Å². The first kappa shape index (κ1) is 17.6. The summed E-state index contributed by atoms with van der Waals surface area (Å²) in [4.78, 5) is 13.2. The largest absolute Gasteiger partial charge is 0.485 e. The average Bonchev–Trinajstić information content (AvgIpc) is 2.95. The molecule has 0 saturated carbocycles. The molecule has 2 heterocycles. The van der Waals surface area contributed by atoms with Crippen LogP contribution >= 0.6 is 15.9 Å². The molecule has 0 fully saturated rings. The normalized spacial score (nSPS) is 17.4. The number of benzene rings is 1. The van der Waals surface area contributed by atoms with Crippen molar-refractivity contribution < 1.29 is 9.47 Å². The van der Waals surface area contributed by atoms with Crippen LogP contribution in [0.15, 0.2) is 21.4 Å². The lowest BCUT2D eigenvalue weighted by molar-refractivity contribution is 0.138. The lowest BCUT2D eigenvalue weighted by Crippen LogP contribution is -2.30. The van der Waals surface area contributed by atoms with Crippen LogP contribution in [0.2, 0.25) is 0 Å². The molecule has 138 valence electrons. The van der Waals surface area contributed by atoms with Gasteiger partial charge in [-0.25, -0.2) is 0 Å². The minimum absolute atomic E-state index is 0.0546. The lowest BCUT2D eigenvalue weighted by Gasteiger charge is -2.21. The zero-order valence-corrected chi connectivity index (χ0v) is 17.0. The summed E-state index contributed by atoms with van der Waals surface area (Å²) in [5.74, 6) is 1.31. The van der Waals surface area contributed by atoms with Crippen LogP contribution in [0, 0.1) is 0 Å². The van der Waals surface area contributed by atoms with E-state index in [0.29, 0.717) is 18.2 Å². The maximum Gasteiger partial charge on any atom is 0.275 e. The lowest BCUT2D eigenvalue weighted by atomic mass is 9.93. The smallest absolute Gasteiger partial charge is 0.275 e. The topological polar surface area (TPSA) is 53.4 Å². The van der Waals surface area contributed by atoms with Crippen LogP contribution in [0.4, 0.5) is 0 Å². The van der Waals surface area contributed by atoms with Gasteiger partial charge in [0, 0.05) is 27.6 Å². The number of hydrogen-bond acceptors (Lipinski definition) is 4. The number of nitrogens with zero attached hydrogens (tertiary/aromatic N) is 2. The van der Waals surface area contributed by atoms with Gasteiger partial charge < -0.3 is 9.47 Å². The van der Waals surface area contributed by atoms with Crippen LogP contribution in [0.5, 0.6) is 11.6 Å². The Labute approximate surface area is 161 Å². The third-order valence-corrected chi connectivity index (χ3v) is 5.78. The van der Waals surface area contributed by atoms with Gasteiger partial charge in [-0.15, -0.1) is 5.10 Å². The van der Waals surface area contributed by atoms with Crippen LogP contribution in [0.1, 0.15) is 50.3 Å². The molecule has 0 saturated heterocycles. The SMILES string of the molecule is CCOc1nn(-c2ccc(Br)c3c2OC(C)(C)C3)c(=O)c2c1CCCC2. The Morgan fingerprint density at radius 1 is 1.23 bits per heavy atom. The highest BCUT2D eigenvalue weighted by Crippen LogP contribution is 2.43. The second-order valence-electron chi connectivity index (χ2n) is 7.53. The van der Waals surface area contributed by atoms with E-state index in [9.17, 15) is 4.79 Å². The van der Waals surface area contributed by atoms with Gasteiger partial charge in [-0.1, -0.05) is 15.9 Å². The van der Waals surface area contributed by atoms with Crippen molar-refractivity contribution in [2.75, 3.05) is 6.61 Å². The fraction of sp³-hybridized carbons (Fsp3) is 0.500. The fourth-order valence-corrected chi connectivity index (χ4v) is 4.35. The van der Waals surface area contributed by atoms with Crippen molar-refractivity contribution in [1.29, 1.82) is 0 Å². The summed E-state index contributed by atoms with van der Waals surface area (Å²) < 4.78 is 14.4. The second-order valence-corrected chi connectivity index (χ2v) is 8.39. The molecule has 0 bridgehead atoms. The number of halogens is 1. The Hall–Kier alpha value is -1.82. The predicted octanol–water partition coefficient (Wildman–Crippen LogP) is 3.99. The van der Waals surface area contributed by atoms with E-state index in [4.69, 9.17) is 9.47 Å². The van der Waals surface area contributed by atoms with Crippen LogP contribution in [-0.2, 0) is 19.3 Å². The third kappa shape index (κ3) is 2.84. The first-order chi connectivity index (χ1) is 12.4. The van der Waals surface area contributed by atoms with Crippen LogP contribution in [0.25, 0.3) is 5.69 Å². The van der Waals surface area contributed by atoms with Crippen molar-refractivity contribution in [2.24, 2.45) is 0 Å². The number of ether oxygens (including phenoxy) is 2. The molecule has 0 radical (unpaired) electrons. The summed E-state index contributed by atoms with van der Waals surface area (Å²) in [5, 5.41) is 4.59. The Balaban J connectivity index is 1.94. The van der Waals surface area contributed by atoms with Gasteiger partial charge in [-0.2, -0.15) is 4.68 Å². The highest BCUT2D eigenvalue weighted by molar-refractivity contribution is 9.10. The minimum Gasteiger partial charge on any atom is -0.485 e. The molecular formula is C20H23BrN2O3. The van der Waals surface area contributed by atoms with Gasteiger partial charge in [0.15, 0.2) is 0 Å². The number of fused-ring (bicyclic) bond motifs is 2. The zero-order chi connectivity index (χ0) is 18.5. The molecule has 0 N–H and O–H groups in total. The number of aromatic nitrogens is 2. The highest BCUT2D eigenvalue weighted by Gasteiger charge is 2.35. The second kappa shape index (κ2) is 6.41. The van der Waals surface area contributed by atoms with Gasteiger partial charge in [0.2, 0.25) is 5.88 Å². The standard InChI is InChI=1S/C20H23BrN2O3/c1-4-25-18-12-7-5-6-8-13(12)19(24)23(22-18)16-10-9-15(21)14-11-20(2,3)26-17(14)16/h9-10H,4-8,11H2,1-3H3. The van der Waals surface area contributed by atoms with Crippen LogP contribution in [0.3, 0.4) is 0 Å². The molecule has 0 spiro atoms. The molecule has 5 nitrogen and oxygen atoms in total. The molecule has 4 rings (SSSR count). The van der Waals surface area contributed by atoms with E-state index in [1.54, 1.807) is 0 Å². The molecule has 0 atom stereocenters. The molecular weight excluding hydrogens is 396 g/mol. The van der Waals surface area contributed by atoms with Crippen molar-refractivity contribution >= 4 is 15.9 Å². The number of rotatable bonds is 3. The van der Waals surface area contributed by atoms with Crippen molar-refractivity contribution in [3.05, 3.63) is 43.6 Å². The van der Waals surface area contributed by atoms with Gasteiger partial charge in [0.05, 0.1) is 6.61 Å². The van der Waals surface area contributed by atoms with Gasteiger partial charge in [-0.05, 0) is 58.6 Å². The maximum atomic E-state index is 13.2.